The highest BCUT2D eigenvalue weighted by atomic mass is 79.9. The molecule has 0 aromatic heterocycles. The smallest absolute Gasteiger partial charge is 0.145 e. The molecule has 0 aliphatic rings. The molecule has 25 heavy (non-hydrogen) atoms. The van der Waals surface area contributed by atoms with Gasteiger partial charge in [-0.2, -0.15) is 9.66 Å². The first kappa shape index (κ1) is 19.4. The molecular weight excluding hydrogens is 410 g/mol. The standard InChI is InChI=1S/C18H15BrF2N2OS/c1-18(2,3)25(24)23-17(13-9-11(19)7-8-16(13)21)12-5-4-6-15(20)14(12)10-22/h4-9H,1-3H3. The Morgan fingerprint density at radius 2 is 1.84 bits per heavy atom. The highest BCUT2D eigenvalue weighted by Crippen LogP contribution is 2.24. The quantitative estimate of drug-likeness (QED) is 0.657. The minimum Gasteiger partial charge on any atom is -0.234 e. The molecule has 130 valence electrons. The molecular formula is C18H15BrF2N2OS. The topological polar surface area (TPSA) is 53.2 Å². The Balaban J connectivity index is 2.82. The molecule has 0 aliphatic heterocycles. The van der Waals surface area contributed by atoms with E-state index >= 15 is 0 Å². The summed E-state index contributed by atoms with van der Waals surface area (Å²) in [7, 11) is -1.73. The normalized spacial score (nSPS) is 13.4. The van der Waals surface area contributed by atoms with Gasteiger partial charge in [-0.15, -0.1) is 0 Å². The van der Waals surface area contributed by atoms with E-state index in [1.54, 1.807) is 26.8 Å². The first-order valence-electron chi connectivity index (χ1n) is 7.30. The van der Waals surface area contributed by atoms with Crippen molar-refractivity contribution in [1.29, 1.82) is 5.26 Å². The molecule has 1 unspecified atom stereocenters. The molecule has 0 fully saturated rings. The largest absolute Gasteiger partial charge is 0.234 e. The van der Waals surface area contributed by atoms with Crippen LogP contribution in [0.1, 0.15) is 37.5 Å². The minimum atomic E-state index is -1.73. The monoisotopic (exact) mass is 424 g/mol. The van der Waals surface area contributed by atoms with Crippen LogP contribution in [0, 0.1) is 23.0 Å². The molecule has 3 nitrogen and oxygen atoms in total. The lowest BCUT2D eigenvalue weighted by Crippen LogP contribution is -2.22. The summed E-state index contributed by atoms with van der Waals surface area (Å²) >= 11 is 3.26. The van der Waals surface area contributed by atoms with Crippen molar-refractivity contribution in [2.75, 3.05) is 0 Å². The Morgan fingerprint density at radius 3 is 2.44 bits per heavy atom. The predicted molar refractivity (Wildman–Crippen MR) is 98.7 cm³/mol. The van der Waals surface area contributed by atoms with E-state index in [9.17, 15) is 18.3 Å². The lowest BCUT2D eigenvalue weighted by Gasteiger charge is -2.16. The molecule has 0 spiro atoms. The average molecular weight is 425 g/mol. The second-order valence-corrected chi connectivity index (χ2v) is 9.02. The number of halogens is 3. The van der Waals surface area contributed by atoms with Crippen molar-refractivity contribution < 1.29 is 13.0 Å². The highest BCUT2D eigenvalue weighted by molar-refractivity contribution is 9.10. The number of nitriles is 1. The molecule has 0 bridgehead atoms. The van der Waals surface area contributed by atoms with Gasteiger partial charge in [0.15, 0.2) is 0 Å². The Kier molecular flexibility index (Phi) is 5.86. The molecule has 2 rings (SSSR count). The summed E-state index contributed by atoms with van der Waals surface area (Å²) < 4.78 is 45.0. The highest BCUT2D eigenvalue weighted by Gasteiger charge is 2.24. The molecule has 0 saturated carbocycles. The summed E-state index contributed by atoms with van der Waals surface area (Å²) in [4.78, 5) is 0. The zero-order valence-electron chi connectivity index (χ0n) is 13.8. The zero-order valence-corrected chi connectivity index (χ0v) is 16.2. The van der Waals surface area contributed by atoms with Gasteiger partial charge in [-0.05, 0) is 45.0 Å². The van der Waals surface area contributed by atoms with Gasteiger partial charge in [0.2, 0.25) is 0 Å². The summed E-state index contributed by atoms with van der Waals surface area (Å²) in [6.45, 7) is 5.16. The molecule has 0 amide bonds. The molecule has 7 heteroatoms. The van der Waals surface area contributed by atoms with Crippen LogP contribution in [0.3, 0.4) is 0 Å². The van der Waals surface area contributed by atoms with Gasteiger partial charge in [-0.25, -0.2) is 13.0 Å². The van der Waals surface area contributed by atoms with Crippen molar-refractivity contribution in [1.82, 2.24) is 0 Å². The summed E-state index contributed by atoms with van der Waals surface area (Å²) in [5.74, 6) is -1.36. The van der Waals surface area contributed by atoms with Gasteiger partial charge in [0, 0.05) is 15.6 Å². The molecule has 0 radical (unpaired) electrons. The second kappa shape index (κ2) is 7.54. The molecule has 0 aliphatic carbocycles. The van der Waals surface area contributed by atoms with Gasteiger partial charge < -0.3 is 0 Å². The van der Waals surface area contributed by atoms with Gasteiger partial charge in [0.05, 0.1) is 16.0 Å². The van der Waals surface area contributed by atoms with Gasteiger partial charge in [0.1, 0.15) is 28.7 Å². The summed E-state index contributed by atoms with van der Waals surface area (Å²) in [6, 6.07) is 9.96. The fraction of sp³-hybridized carbons (Fsp3) is 0.222. The Bertz CT molecular complexity index is 914. The van der Waals surface area contributed by atoms with Crippen LogP contribution in [0.25, 0.3) is 0 Å². The van der Waals surface area contributed by atoms with Crippen molar-refractivity contribution in [3.63, 3.8) is 0 Å². The van der Waals surface area contributed by atoms with E-state index < -0.39 is 27.4 Å². The van der Waals surface area contributed by atoms with Crippen molar-refractivity contribution >= 4 is 32.6 Å². The van der Waals surface area contributed by atoms with Crippen molar-refractivity contribution in [3.8, 4) is 6.07 Å². The molecule has 0 N–H and O–H groups in total. The lowest BCUT2D eigenvalue weighted by molar-refractivity contribution is 0.621. The van der Waals surface area contributed by atoms with Gasteiger partial charge in [0.25, 0.3) is 0 Å². The van der Waals surface area contributed by atoms with Gasteiger partial charge in [-0.3, -0.25) is 0 Å². The predicted octanol–water partition coefficient (Wildman–Crippen LogP) is 4.90. The van der Waals surface area contributed by atoms with Crippen LogP contribution in [0.2, 0.25) is 0 Å². The van der Waals surface area contributed by atoms with Crippen molar-refractivity contribution in [2.24, 2.45) is 4.40 Å². The van der Waals surface area contributed by atoms with E-state index in [1.807, 2.05) is 0 Å². The van der Waals surface area contributed by atoms with Crippen molar-refractivity contribution in [3.05, 3.63) is 69.2 Å². The van der Waals surface area contributed by atoms with E-state index in [2.05, 4.69) is 20.3 Å². The lowest BCUT2D eigenvalue weighted by atomic mass is 9.97. The molecule has 1 atom stereocenters. The second-order valence-electron chi connectivity index (χ2n) is 6.20. The zero-order chi connectivity index (χ0) is 18.8. The summed E-state index contributed by atoms with van der Waals surface area (Å²) in [6.07, 6.45) is 0. The first-order valence-corrected chi connectivity index (χ1v) is 9.20. The molecule has 2 aromatic rings. The van der Waals surface area contributed by atoms with Crippen LogP contribution >= 0.6 is 15.9 Å². The average Bonchev–Trinajstić information content (AvgIpc) is 2.53. The van der Waals surface area contributed by atoms with E-state index in [0.29, 0.717) is 4.47 Å². The van der Waals surface area contributed by atoms with E-state index in [1.165, 1.54) is 30.3 Å². The van der Waals surface area contributed by atoms with E-state index in [0.717, 1.165) is 6.07 Å². The maximum absolute atomic E-state index is 14.4. The van der Waals surface area contributed by atoms with Crippen LogP contribution in [0.4, 0.5) is 8.78 Å². The third kappa shape index (κ3) is 4.39. The third-order valence-electron chi connectivity index (χ3n) is 3.26. The van der Waals surface area contributed by atoms with E-state index in [4.69, 9.17) is 0 Å². The van der Waals surface area contributed by atoms with Crippen LogP contribution in [0.5, 0.6) is 0 Å². The Hall–Kier alpha value is -1.91. The molecule has 0 saturated heterocycles. The minimum absolute atomic E-state index is 0.0249. The Labute approximate surface area is 156 Å². The maximum atomic E-state index is 14.4. The summed E-state index contributed by atoms with van der Waals surface area (Å²) in [5.41, 5.74) is -0.166. The van der Waals surface area contributed by atoms with Crippen LogP contribution in [-0.2, 0) is 11.0 Å². The number of hydrogen-bond acceptors (Lipinski definition) is 2. The van der Waals surface area contributed by atoms with Gasteiger partial charge in [-0.1, -0.05) is 28.1 Å². The molecule has 0 heterocycles. The van der Waals surface area contributed by atoms with Crippen LogP contribution in [0.15, 0.2) is 45.3 Å². The molecule has 2 aromatic carbocycles. The fourth-order valence-corrected chi connectivity index (χ4v) is 2.97. The van der Waals surface area contributed by atoms with Crippen LogP contribution < -0.4 is 0 Å². The number of benzene rings is 2. The first-order chi connectivity index (χ1) is 11.6. The van der Waals surface area contributed by atoms with Crippen LogP contribution in [-0.4, -0.2) is 14.7 Å². The fourth-order valence-electron chi connectivity index (χ4n) is 1.98. The number of hydrogen-bond donors (Lipinski definition) is 0. The van der Waals surface area contributed by atoms with E-state index in [-0.39, 0.29) is 22.4 Å². The number of rotatable bonds is 3. The third-order valence-corrected chi connectivity index (χ3v) is 5.15. The number of nitrogens with zero attached hydrogens (tertiary/aromatic N) is 2. The summed E-state index contributed by atoms with van der Waals surface area (Å²) in [5, 5.41) is 9.29. The Morgan fingerprint density at radius 1 is 1.16 bits per heavy atom. The van der Waals surface area contributed by atoms with Crippen molar-refractivity contribution in [2.45, 2.75) is 25.5 Å². The SMILES string of the molecule is CC(C)(C)S(=O)N=C(c1cc(Br)ccc1F)c1cccc(F)c1C#N. The maximum Gasteiger partial charge on any atom is 0.145 e. The van der Waals surface area contributed by atoms with Gasteiger partial charge >= 0.3 is 0 Å².